The van der Waals surface area contributed by atoms with E-state index >= 15 is 0 Å². The van der Waals surface area contributed by atoms with E-state index in [0.717, 1.165) is 30.5 Å². The zero-order valence-electron chi connectivity index (χ0n) is 16.7. The minimum absolute atomic E-state index is 0.153. The predicted octanol–water partition coefficient (Wildman–Crippen LogP) is 4.35. The van der Waals surface area contributed by atoms with Crippen LogP contribution in [0.4, 0.5) is 5.69 Å². The fourth-order valence-electron chi connectivity index (χ4n) is 4.25. The van der Waals surface area contributed by atoms with E-state index < -0.39 is 0 Å². The maximum Gasteiger partial charge on any atom is 0.336 e. The lowest BCUT2D eigenvalue weighted by molar-refractivity contribution is -0.114. The van der Waals surface area contributed by atoms with Crippen molar-refractivity contribution in [2.75, 3.05) is 11.9 Å². The highest BCUT2D eigenvalue weighted by Crippen LogP contribution is 2.26. The average molecular weight is 390 g/mol. The lowest BCUT2D eigenvalue weighted by Gasteiger charge is -2.36. The number of hydrogen-bond donors (Lipinski definition) is 1. The first-order chi connectivity index (χ1) is 14.1. The van der Waals surface area contributed by atoms with Crippen molar-refractivity contribution in [1.82, 2.24) is 4.90 Å². The van der Waals surface area contributed by atoms with Crippen molar-refractivity contribution in [2.45, 2.75) is 45.2 Å². The normalized spacial score (nSPS) is 17.3. The standard InChI is InChI=1S/C24H26N2O3/c1-17(27)25-20-10-11-22-19(14-24(28)29-23(22)15-20)16-26-12-6-5-9-21(26)13-18-7-3-2-4-8-18/h2-4,7-8,10-11,14-15,21H,5-6,9,12-13,16H2,1H3,(H,25,27). The summed E-state index contributed by atoms with van der Waals surface area (Å²) < 4.78 is 5.41. The van der Waals surface area contributed by atoms with Crippen molar-refractivity contribution >= 4 is 22.6 Å². The van der Waals surface area contributed by atoms with Crippen LogP contribution in [0.25, 0.3) is 11.0 Å². The molecule has 4 rings (SSSR count). The van der Waals surface area contributed by atoms with Crippen molar-refractivity contribution in [3.63, 3.8) is 0 Å². The number of carbonyl (C=O) groups excluding carboxylic acids is 1. The molecule has 29 heavy (non-hydrogen) atoms. The van der Waals surface area contributed by atoms with Crippen molar-refractivity contribution in [2.24, 2.45) is 0 Å². The summed E-state index contributed by atoms with van der Waals surface area (Å²) in [4.78, 5) is 26.0. The molecule has 5 nitrogen and oxygen atoms in total. The van der Waals surface area contributed by atoms with Crippen LogP contribution in [-0.2, 0) is 17.8 Å². The summed E-state index contributed by atoms with van der Waals surface area (Å²) in [6.07, 6.45) is 4.61. The Balaban J connectivity index is 1.61. The van der Waals surface area contributed by atoms with E-state index in [4.69, 9.17) is 4.42 Å². The number of nitrogens with one attached hydrogen (secondary N) is 1. The Morgan fingerprint density at radius 1 is 1.14 bits per heavy atom. The zero-order chi connectivity index (χ0) is 20.2. The van der Waals surface area contributed by atoms with Gasteiger partial charge in [-0.2, -0.15) is 0 Å². The maximum atomic E-state index is 12.2. The van der Waals surface area contributed by atoms with E-state index in [-0.39, 0.29) is 11.5 Å². The fourth-order valence-corrected chi connectivity index (χ4v) is 4.25. The van der Waals surface area contributed by atoms with Crippen molar-refractivity contribution in [3.8, 4) is 0 Å². The van der Waals surface area contributed by atoms with E-state index in [2.05, 4.69) is 34.5 Å². The predicted molar refractivity (Wildman–Crippen MR) is 115 cm³/mol. The molecular formula is C24H26N2O3. The molecule has 1 unspecified atom stereocenters. The monoisotopic (exact) mass is 390 g/mol. The molecule has 0 saturated carbocycles. The highest BCUT2D eigenvalue weighted by Gasteiger charge is 2.23. The number of nitrogens with zero attached hydrogens (tertiary/aromatic N) is 1. The SMILES string of the molecule is CC(=O)Nc1ccc2c(CN3CCCCC3Cc3ccccc3)cc(=O)oc2c1. The van der Waals surface area contributed by atoms with Gasteiger partial charge in [-0.15, -0.1) is 0 Å². The number of carbonyl (C=O) groups is 1. The van der Waals surface area contributed by atoms with Gasteiger partial charge in [0, 0.05) is 42.7 Å². The number of likely N-dealkylation sites (tertiary alicyclic amines) is 1. The van der Waals surface area contributed by atoms with Crippen LogP contribution in [0.1, 0.15) is 37.3 Å². The molecule has 0 bridgehead atoms. The summed E-state index contributed by atoms with van der Waals surface area (Å²) in [5, 5.41) is 3.66. The number of amides is 1. The topological polar surface area (TPSA) is 62.6 Å². The van der Waals surface area contributed by atoms with Crippen LogP contribution < -0.4 is 10.9 Å². The highest BCUT2D eigenvalue weighted by molar-refractivity contribution is 5.92. The molecule has 1 aliphatic heterocycles. The number of anilines is 1. The molecule has 1 amide bonds. The molecule has 3 aromatic rings. The van der Waals surface area contributed by atoms with E-state index in [0.29, 0.717) is 17.3 Å². The van der Waals surface area contributed by atoms with Gasteiger partial charge >= 0.3 is 5.63 Å². The second-order valence-electron chi connectivity index (χ2n) is 7.79. The molecule has 0 aliphatic carbocycles. The van der Waals surface area contributed by atoms with Crippen molar-refractivity contribution in [3.05, 3.63) is 76.1 Å². The first kappa shape index (κ1) is 19.4. The molecule has 5 heteroatoms. The quantitative estimate of drug-likeness (QED) is 0.658. The summed E-state index contributed by atoms with van der Waals surface area (Å²) in [6, 6.07) is 18.2. The summed E-state index contributed by atoms with van der Waals surface area (Å²) >= 11 is 0. The summed E-state index contributed by atoms with van der Waals surface area (Å²) in [6.45, 7) is 3.21. The first-order valence-corrected chi connectivity index (χ1v) is 10.2. The summed E-state index contributed by atoms with van der Waals surface area (Å²) in [7, 11) is 0. The number of hydrogen-bond acceptors (Lipinski definition) is 4. The third kappa shape index (κ3) is 4.74. The average Bonchev–Trinajstić information content (AvgIpc) is 2.69. The maximum absolute atomic E-state index is 12.2. The molecule has 1 fully saturated rings. The highest BCUT2D eigenvalue weighted by atomic mass is 16.4. The van der Waals surface area contributed by atoms with E-state index in [1.807, 2.05) is 18.2 Å². The molecule has 1 aliphatic rings. The fraction of sp³-hybridized carbons (Fsp3) is 0.333. The zero-order valence-corrected chi connectivity index (χ0v) is 16.7. The van der Waals surface area contributed by atoms with Crippen LogP contribution in [0.2, 0.25) is 0 Å². The van der Waals surface area contributed by atoms with Crippen LogP contribution in [0.3, 0.4) is 0 Å². The van der Waals surface area contributed by atoms with Crippen LogP contribution in [0.5, 0.6) is 0 Å². The minimum atomic E-state index is -0.357. The Morgan fingerprint density at radius 2 is 1.97 bits per heavy atom. The van der Waals surface area contributed by atoms with Gasteiger partial charge in [0.05, 0.1) is 0 Å². The van der Waals surface area contributed by atoms with Gasteiger partial charge in [-0.25, -0.2) is 4.79 Å². The second-order valence-corrected chi connectivity index (χ2v) is 7.79. The minimum Gasteiger partial charge on any atom is -0.423 e. The van der Waals surface area contributed by atoms with Gasteiger partial charge in [0.25, 0.3) is 0 Å². The molecule has 0 spiro atoms. The van der Waals surface area contributed by atoms with E-state index in [1.54, 1.807) is 12.1 Å². The van der Waals surface area contributed by atoms with Gasteiger partial charge in [0.15, 0.2) is 0 Å². The Kier molecular flexibility index (Phi) is 5.76. The number of piperidine rings is 1. The van der Waals surface area contributed by atoms with Crippen molar-refractivity contribution < 1.29 is 9.21 Å². The van der Waals surface area contributed by atoms with Gasteiger partial charge in [0.1, 0.15) is 5.58 Å². The van der Waals surface area contributed by atoms with Crippen LogP contribution in [-0.4, -0.2) is 23.4 Å². The second kappa shape index (κ2) is 8.62. The lowest BCUT2D eigenvalue weighted by Crippen LogP contribution is -2.40. The first-order valence-electron chi connectivity index (χ1n) is 10.2. The van der Waals surface area contributed by atoms with Crippen molar-refractivity contribution in [1.29, 1.82) is 0 Å². The molecule has 150 valence electrons. The molecule has 2 aromatic carbocycles. The largest absolute Gasteiger partial charge is 0.423 e. The molecule has 1 saturated heterocycles. The third-order valence-electron chi connectivity index (χ3n) is 5.59. The number of rotatable bonds is 5. The van der Waals surface area contributed by atoms with Gasteiger partial charge in [0.2, 0.25) is 5.91 Å². The Bertz CT molecular complexity index is 1060. The van der Waals surface area contributed by atoms with E-state index in [1.165, 1.54) is 31.7 Å². The number of benzene rings is 2. The summed E-state index contributed by atoms with van der Waals surface area (Å²) in [5.74, 6) is -0.153. The number of fused-ring (bicyclic) bond motifs is 1. The molecular weight excluding hydrogens is 364 g/mol. The van der Waals surface area contributed by atoms with Gasteiger partial charge in [-0.3, -0.25) is 9.69 Å². The Morgan fingerprint density at radius 3 is 2.76 bits per heavy atom. The van der Waals surface area contributed by atoms with Gasteiger partial charge in [-0.05, 0) is 49.1 Å². The molecule has 1 atom stereocenters. The van der Waals surface area contributed by atoms with Crippen LogP contribution in [0.15, 0.2) is 63.8 Å². The third-order valence-corrected chi connectivity index (χ3v) is 5.59. The van der Waals surface area contributed by atoms with Gasteiger partial charge in [-0.1, -0.05) is 36.8 Å². The van der Waals surface area contributed by atoms with E-state index in [9.17, 15) is 9.59 Å². The summed E-state index contributed by atoms with van der Waals surface area (Å²) in [5.41, 5.74) is 3.11. The molecule has 1 N–H and O–H groups in total. The molecule has 1 aromatic heterocycles. The molecule has 0 radical (unpaired) electrons. The van der Waals surface area contributed by atoms with Crippen LogP contribution >= 0.6 is 0 Å². The van der Waals surface area contributed by atoms with Gasteiger partial charge < -0.3 is 9.73 Å². The Hall–Kier alpha value is -2.92. The smallest absolute Gasteiger partial charge is 0.336 e. The van der Waals surface area contributed by atoms with Crippen LogP contribution in [0, 0.1) is 0 Å². The Labute approximate surface area is 170 Å². The molecule has 2 heterocycles. The lowest BCUT2D eigenvalue weighted by atomic mass is 9.95.